The molecule has 1 saturated carbocycles. The van der Waals surface area contributed by atoms with Crippen LogP contribution in [0.1, 0.15) is 37.2 Å². The molecule has 2 heteroatoms. The van der Waals surface area contributed by atoms with Crippen molar-refractivity contribution in [2.45, 2.75) is 31.6 Å². The van der Waals surface area contributed by atoms with Gasteiger partial charge in [-0.25, -0.2) is 0 Å². The van der Waals surface area contributed by atoms with E-state index in [0.29, 0.717) is 18.6 Å². The van der Waals surface area contributed by atoms with E-state index in [-0.39, 0.29) is 11.8 Å². The van der Waals surface area contributed by atoms with Crippen molar-refractivity contribution in [3.8, 4) is 0 Å². The predicted molar refractivity (Wildman–Crippen MR) is 62.2 cm³/mol. The van der Waals surface area contributed by atoms with Crippen molar-refractivity contribution in [3.63, 3.8) is 0 Å². The Morgan fingerprint density at radius 1 is 1.31 bits per heavy atom. The van der Waals surface area contributed by atoms with Gasteiger partial charge in [-0.15, -0.1) is 0 Å². The third-order valence-electron chi connectivity index (χ3n) is 3.42. The molecule has 0 radical (unpaired) electrons. The summed E-state index contributed by atoms with van der Waals surface area (Å²) in [7, 11) is 0. The second-order valence-corrected chi connectivity index (χ2v) is 4.38. The summed E-state index contributed by atoms with van der Waals surface area (Å²) in [6.45, 7) is 0. The molecule has 2 nitrogen and oxygen atoms in total. The maximum Gasteiger partial charge on any atom is 0.136 e. The summed E-state index contributed by atoms with van der Waals surface area (Å²) in [4.78, 5) is 22.5. The number of rotatable bonds is 4. The molecule has 1 aliphatic carbocycles. The fourth-order valence-corrected chi connectivity index (χ4v) is 2.60. The standard InChI is InChI=1S/C14H16O2/c15-10-9-12(11-5-2-1-3-6-11)13-7-4-8-14(13)16/h1-3,5-6,10,12-13H,4,7-9H2. The van der Waals surface area contributed by atoms with Gasteiger partial charge in [0.15, 0.2) is 0 Å². The van der Waals surface area contributed by atoms with Crippen molar-refractivity contribution in [2.75, 3.05) is 0 Å². The summed E-state index contributed by atoms with van der Waals surface area (Å²) in [5.74, 6) is 0.483. The number of carbonyl (C=O) groups excluding carboxylic acids is 2. The van der Waals surface area contributed by atoms with Crippen molar-refractivity contribution in [1.29, 1.82) is 0 Å². The van der Waals surface area contributed by atoms with Crippen molar-refractivity contribution in [1.82, 2.24) is 0 Å². The second kappa shape index (κ2) is 5.06. The molecule has 84 valence electrons. The van der Waals surface area contributed by atoms with Crippen molar-refractivity contribution >= 4 is 12.1 Å². The summed E-state index contributed by atoms with van der Waals surface area (Å²) in [5, 5.41) is 0. The number of aldehydes is 1. The molecular formula is C14H16O2. The minimum Gasteiger partial charge on any atom is -0.303 e. The maximum atomic E-state index is 11.7. The molecule has 2 atom stereocenters. The van der Waals surface area contributed by atoms with E-state index in [2.05, 4.69) is 0 Å². The van der Waals surface area contributed by atoms with Crippen molar-refractivity contribution in [3.05, 3.63) is 35.9 Å². The molecular weight excluding hydrogens is 200 g/mol. The van der Waals surface area contributed by atoms with Gasteiger partial charge in [-0.2, -0.15) is 0 Å². The fourth-order valence-electron chi connectivity index (χ4n) is 2.60. The summed E-state index contributed by atoms with van der Waals surface area (Å²) in [5.41, 5.74) is 1.12. The summed E-state index contributed by atoms with van der Waals surface area (Å²) in [6.07, 6.45) is 3.99. The van der Waals surface area contributed by atoms with Crippen LogP contribution in [0.15, 0.2) is 30.3 Å². The molecule has 0 amide bonds. The van der Waals surface area contributed by atoms with E-state index in [4.69, 9.17) is 0 Å². The molecule has 16 heavy (non-hydrogen) atoms. The number of Topliss-reactive ketones (excluding diaryl/α,β-unsaturated/α-hetero) is 1. The maximum absolute atomic E-state index is 11.7. The molecule has 1 fully saturated rings. The van der Waals surface area contributed by atoms with Gasteiger partial charge in [0.25, 0.3) is 0 Å². The third kappa shape index (κ3) is 2.21. The molecule has 0 aliphatic heterocycles. The van der Waals surface area contributed by atoms with E-state index in [0.717, 1.165) is 24.7 Å². The first-order valence-electron chi connectivity index (χ1n) is 5.84. The highest BCUT2D eigenvalue weighted by Crippen LogP contribution is 2.36. The molecule has 1 aliphatic rings. The van der Waals surface area contributed by atoms with Crippen LogP contribution < -0.4 is 0 Å². The molecule has 1 aromatic rings. The van der Waals surface area contributed by atoms with Crippen LogP contribution in [0, 0.1) is 5.92 Å². The molecule has 0 bridgehead atoms. The van der Waals surface area contributed by atoms with Gasteiger partial charge in [0.05, 0.1) is 0 Å². The lowest BCUT2D eigenvalue weighted by molar-refractivity contribution is -0.121. The smallest absolute Gasteiger partial charge is 0.136 e. The van der Waals surface area contributed by atoms with E-state index in [9.17, 15) is 9.59 Å². The highest BCUT2D eigenvalue weighted by atomic mass is 16.1. The Morgan fingerprint density at radius 3 is 2.62 bits per heavy atom. The van der Waals surface area contributed by atoms with Crippen LogP contribution in [0.2, 0.25) is 0 Å². The molecule has 2 rings (SSSR count). The second-order valence-electron chi connectivity index (χ2n) is 4.38. The zero-order valence-electron chi connectivity index (χ0n) is 9.26. The predicted octanol–water partition coefficient (Wildman–Crippen LogP) is 2.73. The Hall–Kier alpha value is -1.44. The van der Waals surface area contributed by atoms with E-state index in [1.165, 1.54) is 0 Å². The van der Waals surface area contributed by atoms with Crippen LogP contribution in [0.3, 0.4) is 0 Å². The van der Waals surface area contributed by atoms with Crippen LogP contribution in [0.4, 0.5) is 0 Å². The van der Waals surface area contributed by atoms with Gasteiger partial charge in [-0.1, -0.05) is 30.3 Å². The first-order valence-corrected chi connectivity index (χ1v) is 5.84. The normalized spacial score (nSPS) is 22.0. The molecule has 0 saturated heterocycles. The highest BCUT2D eigenvalue weighted by Gasteiger charge is 2.32. The monoisotopic (exact) mass is 216 g/mol. The molecule has 0 N–H and O–H groups in total. The van der Waals surface area contributed by atoms with E-state index in [1.54, 1.807) is 0 Å². The number of hydrogen-bond acceptors (Lipinski definition) is 2. The minimum absolute atomic E-state index is 0.0626. The number of hydrogen-bond donors (Lipinski definition) is 0. The lowest BCUT2D eigenvalue weighted by Gasteiger charge is -2.20. The lowest BCUT2D eigenvalue weighted by atomic mass is 9.82. The van der Waals surface area contributed by atoms with Gasteiger partial charge < -0.3 is 4.79 Å². The molecule has 1 aromatic carbocycles. The number of ketones is 1. The third-order valence-corrected chi connectivity index (χ3v) is 3.42. The quantitative estimate of drug-likeness (QED) is 0.725. The van der Waals surface area contributed by atoms with Crippen molar-refractivity contribution < 1.29 is 9.59 Å². The highest BCUT2D eigenvalue weighted by molar-refractivity contribution is 5.84. The number of carbonyl (C=O) groups is 2. The zero-order valence-corrected chi connectivity index (χ0v) is 9.26. The Morgan fingerprint density at radius 2 is 2.06 bits per heavy atom. The average molecular weight is 216 g/mol. The Bertz CT molecular complexity index is 370. The molecule has 0 aromatic heterocycles. The molecule has 0 spiro atoms. The van der Waals surface area contributed by atoms with Gasteiger partial charge in [-0.3, -0.25) is 4.79 Å². The van der Waals surface area contributed by atoms with Gasteiger partial charge >= 0.3 is 0 Å². The number of benzene rings is 1. The van der Waals surface area contributed by atoms with Gasteiger partial charge in [-0.05, 0) is 18.4 Å². The summed E-state index contributed by atoms with van der Waals surface area (Å²) < 4.78 is 0. The fraction of sp³-hybridized carbons (Fsp3) is 0.429. The van der Waals surface area contributed by atoms with E-state index >= 15 is 0 Å². The zero-order chi connectivity index (χ0) is 11.4. The van der Waals surface area contributed by atoms with Crippen molar-refractivity contribution in [2.24, 2.45) is 5.92 Å². The average Bonchev–Trinajstić information content (AvgIpc) is 2.73. The topological polar surface area (TPSA) is 34.1 Å². The van der Waals surface area contributed by atoms with E-state index < -0.39 is 0 Å². The van der Waals surface area contributed by atoms with E-state index in [1.807, 2.05) is 30.3 Å². The Balaban J connectivity index is 2.23. The lowest BCUT2D eigenvalue weighted by Crippen LogP contribution is -2.17. The van der Waals surface area contributed by atoms with Gasteiger partial charge in [0.2, 0.25) is 0 Å². The van der Waals surface area contributed by atoms with Gasteiger partial charge in [0, 0.05) is 24.7 Å². The van der Waals surface area contributed by atoms with Crippen LogP contribution in [-0.2, 0) is 9.59 Å². The van der Waals surface area contributed by atoms with Crippen LogP contribution in [0.5, 0.6) is 0 Å². The Kier molecular flexibility index (Phi) is 3.50. The SMILES string of the molecule is O=CCC(c1ccccc1)C1CCCC1=O. The first kappa shape index (κ1) is 11.1. The van der Waals surface area contributed by atoms with Gasteiger partial charge in [0.1, 0.15) is 12.1 Å². The Labute approximate surface area is 95.7 Å². The summed E-state index contributed by atoms with van der Waals surface area (Å²) >= 11 is 0. The van der Waals surface area contributed by atoms with Crippen LogP contribution in [-0.4, -0.2) is 12.1 Å². The molecule has 2 unspecified atom stereocenters. The summed E-state index contributed by atoms with van der Waals surface area (Å²) in [6, 6.07) is 9.91. The molecule has 0 heterocycles. The minimum atomic E-state index is 0.0626. The van der Waals surface area contributed by atoms with Crippen LogP contribution >= 0.6 is 0 Å². The largest absolute Gasteiger partial charge is 0.303 e. The van der Waals surface area contributed by atoms with Crippen LogP contribution in [0.25, 0.3) is 0 Å². The first-order chi connectivity index (χ1) is 7.83.